The van der Waals surface area contributed by atoms with Crippen molar-refractivity contribution in [2.75, 3.05) is 13.1 Å². The van der Waals surface area contributed by atoms with Gasteiger partial charge >= 0.3 is 0 Å². The van der Waals surface area contributed by atoms with Crippen LogP contribution in [-0.2, 0) is 0 Å². The first kappa shape index (κ1) is 10.4. The zero-order valence-corrected chi connectivity index (χ0v) is 9.68. The molecule has 1 aliphatic heterocycles. The van der Waals surface area contributed by atoms with Gasteiger partial charge in [0.15, 0.2) is 0 Å². The van der Waals surface area contributed by atoms with E-state index in [0.717, 1.165) is 0 Å². The lowest BCUT2D eigenvalue weighted by atomic mass is 9.75. The van der Waals surface area contributed by atoms with Crippen LogP contribution in [0.1, 0.15) is 52.4 Å². The van der Waals surface area contributed by atoms with Crippen molar-refractivity contribution >= 4 is 0 Å². The van der Waals surface area contributed by atoms with Crippen molar-refractivity contribution in [2.24, 2.45) is 5.73 Å². The summed E-state index contributed by atoms with van der Waals surface area (Å²) in [6, 6.07) is 0. The van der Waals surface area contributed by atoms with Crippen molar-refractivity contribution in [1.29, 1.82) is 0 Å². The zero-order chi connectivity index (χ0) is 10.2. The van der Waals surface area contributed by atoms with Gasteiger partial charge in [-0.25, -0.2) is 0 Å². The summed E-state index contributed by atoms with van der Waals surface area (Å²) in [5.74, 6) is 0. The van der Waals surface area contributed by atoms with Gasteiger partial charge in [-0.1, -0.05) is 0 Å². The maximum absolute atomic E-state index is 6.24. The Morgan fingerprint density at radius 1 is 1.14 bits per heavy atom. The van der Waals surface area contributed by atoms with Crippen LogP contribution in [0.5, 0.6) is 0 Å². The zero-order valence-electron chi connectivity index (χ0n) is 9.68. The lowest BCUT2D eigenvalue weighted by molar-refractivity contribution is 0.134. The molecule has 14 heavy (non-hydrogen) atoms. The van der Waals surface area contributed by atoms with Crippen molar-refractivity contribution in [2.45, 2.75) is 63.5 Å². The number of nitrogens with two attached hydrogens (primary N) is 1. The highest BCUT2D eigenvalue weighted by Gasteiger charge is 2.36. The van der Waals surface area contributed by atoms with Crippen molar-refractivity contribution in [3.05, 3.63) is 0 Å². The summed E-state index contributed by atoms with van der Waals surface area (Å²) >= 11 is 0. The van der Waals surface area contributed by atoms with Gasteiger partial charge in [-0.3, -0.25) is 4.90 Å². The third-order valence-electron chi connectivity index (χ3n) is 4.30. The average Bonchev–Trinajstić information content (AvgIpc) is 2.38. The molecule has 0 unspecified atom stereocenters. The van der Waals surface area contributed by atoms with Gasteiger partial charge in [0, 0.05) is 17.6 Å². The topological polar surface area (TPSA) is 29.3 Å². The molecule has 2 heteroatoms. The first-order chi connectivity index (χ1) is 6.52. The largest absolute Gasteiger partial charge is 0.325 e. The molecule has 2 nitrogen and oxygen atoms in total. The van der Waals surface area contributed by atoms with E-state index in [1.165, 1.54) is 51.6 Å². The Morgan fingerprint density at radius 3 is 2.29 bits per heavy atom. The van der Waals surface area contributed by atoms with Crippen LogP contribution in [0, 0.1) is 0 Å². The van der Waals surface area contributed by atoms with Gasteiger partial charge in [0.05, 0.1) is 0 Å². The lowest BCUT2D eigenvalue weighted by Gasteiger charge is -2.41. The van der Waals surface area contributed by atoms with Gasteiger partial charge in [0.1, 0.15) is 0 Å². The summed E-state index contributed by atoms with van der Waals surface area (Å²) in [6.07, 6.45) is 7.77. The van der Waals surface area contributed by atoms with E-state index in [4.69, 9.17) is 5.73 Å². The minimum absolute atomic E-state index is 0.207. The SMILES string of the molecule is CC1(C)CCCN1CCC1(N)CCC1. The summed E-state index contributed by atoms with van der Waals surface area (Å²) in [7, 11) is 0. The molecule has 0 aromatic carbocycles. The van der Waals surface area contributed by atoms with E-state index in [9.17, 15) is 0 Å². The maximum Gasteiger partial charge on any atom is 0.0166 e. The number of hydrogen-bond acceptors (Lipinski definition) is 2. The van der Waals surface area contributed by atoms with Gasteiger partial charge in [0.2, 0.25) is 0 Å². The van der Waals surface area contributed by atoms with E-state index in [0.29, 0.717) is 5.54 Å². The number of likely N-dealkylation sites (tertiary alicyclic amines) is 1. The summed E-state index contributed by atoms with van der Waals surface area (Å²) in [5.41, 5.74) is 6.88. The summed E-state index contributed by atoms with van der Waals surface area (Å²) in [4.78, 5) is 2.62. The molecule has 0 radical (unpaired) electrons. The molecule has 1 heterocycles. The maximum atomic E-state index is 6.24. The second-order valence-corrected chi connectivity index (χ2v) is 5.87. The smallest absolute Gasteiger partial charge is 0.0166 e. The van der Waals surface area contributed by atoms with E-state index < -0.39 is 0 Å². The van der Waals surface area contributed by atoms with Crippen LogP contribution >= 0.6 is 0 Å². The van der Waals surface area contributed by atoms with Crippen molar-refractivity contribution in [3.63, 3.8) is 0 Å². The molecule has 1 saturated carbocycles. The highest BCUT2D eigenvalue weighted by atomic mass is 15.2. The number of nitrogens with zero attached hydrogens (tertiary/aromatic N) is 1. The van der Waals surface area contributed by atoms with E-state index >= 15 is 0 Å². The van der Waals surface area contributed by atoms with Crippen LogP contribution < -0.4 is 5.73 Å². The quantitative estimate of drug-likeness (QED) is 0.749. The fourth-order valence-electron chi connectivity index (χ4n) is 2.82. The second-order valence-electron chi connectivity index (χ2n) is 5.87. The van der Waals surface area contributed by atoms with Crippen LogP contribution in [0.4, 0.5) is 0 Å². The Hall–Kier alpha value is -0.0800. The molecule has 2 aliphatic rings. The van der Waals surface area contributed by atoms with Gasteiger partial charge in [-0.2, -0.15) is 0 Å². The molecule has 0 amide bonds. The van der Waals surface area contributed by atoms with Gasteiger partial charge in [0.25, 0.3) is 0 Å². The standard InChI is InChI=1S/C12H24N2/c1-11(2)5-4-9-14(11)10-8-12(13)6-3-7-12/h3-10,13H2,1-2H3. The van der Waals surface area contributed by atoms with E-state index in [1.54, 1.807) is 0 Å². The van der Waals surface area contributed by atoms with Crippen LogP contribution in [-0.4, -0.2) is 29.1 Å². The number of hydrogen-bond donors (Lipinski definition) is 1. The van der Waals surface area contributed by atoms with Crippen molar-refractivity contribution in [3.8, 4) is 0 Å². The molecule has 0 aromatic heterocycles. The Bertz CT molecular complexity index is 206. The summed E-state index contributed by atoms with van der Waals surface area (Å²) in [5, 5.41) is 0. The molecule has 2 rings (SSSR count). The normalized spacial score (nSPS) is 30.2. The highest BCUT2D eigenvalue weighted by molar-refractivity contribution is 4.95. The average molecular weight is 196 g/mol. The van der Waals surface area contributed by atoms with E-state index in [1.807, 2.05) is 0 Å². The monoisotopic (exact) mass is 196 g/mol. The summed E-state index contributed by atoms with van der Waals surface area (Å²) < 4.78 is 0. The fourth-order valence-corrected chi connectivity index (χ4v) is 2.82. The molecule has 0 bridgehead atoms. The molecular weight excluding hydrogens is 172 g/mol. The first-order valence-corrected chi connectivity index (χ1v) is 6.06. The van der Waals surface area contributed by atoms with Crippen LogP contribution in [0.25, 0.3) is 0 Å². The molecular formula is C12H24N2. The highest BCUT2D eigenvalue weighted by Crippen LogP contribution is 2.34. The molecule has 0 aromatic rings. The predicted molar refractivity (Wildman–Crippen MR) is 60.3 cm³/mol. The Balaban J connectivity index is 1.80. The lowest BCUT2D eigenvalue weighted by Crippen LogP contribution is -2.50. The molecule has 82 valence electrons. The third-order valence-corrected chi connectivity index (χ3v) is 4.30. The van der Waals surface area contributed by atoms with Crippen molar-refractivity contribution in [1.82, 2.24) is 4.90 Å². The molecule has 0 spiro atoms. The van der Waals surface area contributed by atoms with E-state index in [-0.39, 0.29) is 5.54 Å². The third kappa shape index (κ3) is 1.96. The summed E-state index contributed by atoms with van der Waals surface area (Å²) in [6.45, 7) is 7.22. The van der Waals surface area contributed by atoms with Gasteiger partial charge in [-0.15, -0.1) is 0 Å². The fraction of sp³-hybridized carbons (Fsp3) is 1.00. The van der Waals surface area contributed by atoms with Crippen LogP contribution in [0.2, 0.25) is 0 Å². The predicted octanol–water partition coefficient (Wildman–Crippen LogP) is 2.13. The van der Waals surface area contributed by atoms with Crippen LogP contribution in [0.3, 0.4) is 0 Å². The van der Waals surface area contributed by atoms with Gasteiger partial charge in [-0.05, 0) is 58.9 Å². The Kier molecular flexibility index (Phi) is 2.61. The molecule has 2 N–H and O–H groups in total. The molecule has 1 aliphatic carbocycles. The number of rotatable bonds is 3. The van der Waals surface area contributed by atoms with Gasteiger partial charge < -0.3 is 5.73 Å². The molecule has 2 fully saturated rings. The molecule has 1 saturated heterocycles. The second kappa shape index (κ2) is 3.49. The van der Waals surface area contributed by atoms with E-state index in [2.05, 4.69) is 18.7 Å². The minimum atomic E-state index is 0.207. The Morgan fingerprint density at radius 2 is 1.86 bits per heavy atom. The minimum Gasteiger partial charge on any atom is -0.325 e. The Labute approximate surface area is 87.8 Å². The first-order valence-electron chi connectivity index (χ1n) is 6.06. The van der Waals surface area contributed by atoms with Crippen LogP contribution in [0.15, 0.2) is 0 Å². The molecule has 0 atom stereocenters. The van der Waals surface area contributed by atoms with Crippen molar-refractivity contribution < 1.29 is 0 Å².